The largest absolute Gasteiger partial charge is 0.494 e. The molecule has 3 aromatic rings. The summed E-state index contributed by atoms with van der Waals surface area (Å²) in [6, 6.07) is 6.80. The van der Waals surface area contributed by atoms with Gasteiger partial charge in [-0.2, -0.15) is 0 Å². The number of likely N-dealkylation sites (tertiary alicyclic amines) is 1. The van der Waals surface area contributed by atoms with Crippen molar-refractivity contribution in [3.63, 3.8) is 0 Å². The van der Waals surface area contributed by atoms with Gasteiger partial charge in [0, 0.05) is 38.5 Å². The van der Waals surface area contributed by atoms with Crippen LogP contribution in [0.25, 0.3) is 16.6 Å². The average molecular weight is 523 g/mol. The van der Waals surface area contributed by atoms with Gasteiger partial charge in [0.1, 0.15) is 16.6 Å². The number of anilines is 2. The summed E-state index contributed by atoms with van der Waals surface area (Å²) in [5.41, 5.74) is 1.82. The van der Waals surface area contributed by atoms with Crippen LogP contribution in [0.5, 0.6) is 5.75 Å². The number of hydrogen-bond donors (Lipinski definition) is 2. The molecule has 0 aliphatic carbocycles. The van der Waals surface area contributed by atoms with Crippen molar-refractivity contribution >= 4 is 44.0 Å². The molecule has 0 radical (unpaired) electrons. The molecule has 12 heteroatoms. The predicted molar refractivity (Wildman–Crippen MR) is 138 cm³/mol. The molecular formula is C23H31ClN6O4S. The molecule has 35 heavy (non-hydrogen) atoms. The Balaban J connectivity index is 1.57. The molecule has 2 N–H and O–H groups in total. The van der Waals surface area contributed by atoms with E-state index in [0.29, 0.717) is 34.0 Å². The second kappa shape index (κ2) is 11.0. The van der Waals surface area contributed by atoms with Gasteiger partial charge in [0.05, 0.1) is 36.6 Å². The van der Waals surface area contributed by atoms with E-state index in [1.54, 1.807) is 42.3 Å². The monoisotopic (exact) mass is 522 g/mol. The Morgan fingerprint density at radius 1 is 1.20 bits per heavy atom. The van der Waals surface area contributed by atoms with E-state index in [-0.39, 0.29) is 0 Å². The fourth-order valence-corrected chi connectivity index (χ4v) is 5.01. The lowest BCUT2D eigenvalue weighted by molar-refractivity contribution is 0.122. The number of sulfonamides is 1. The standard InChI is InChI=1S/C23H31ClN6O4S/c1-33-11-10-29-8-6-16(7-9-29)14-26-23-18-15-25-22(24)13-20(18)30(27-23)19-5-4-17(12-21(19)34-2)28-35(3,31)32/h4-5,12-13,15-16,28H,6-11,14H2,1-3H3,(H,26,27). The first-order valence-electron chi connectivity index (χ1n) is 11.4. The molecule has 4 rings (SSSR count). The maximum Gasteiger partial charge on any atom is 0.229 e. The first-order chi connectivity index (χ1) is 16.8. The molecule has 1 saturated heterocycles. The van der Waals surface area contributed by atoms with E-state index in [4.69, 9.17) is 26.2 Å². The van der Waals surface area contributed by atoms with Crippen molar-refractivity contribution in [2.45, 2.75) is 12.8 Å². The van der Waals surface area contributed by atoms with E-state index in [2.05, 4.69) is 19.9 Å². The summed E-state index contributed by atoms with van der Waals surface area (Å²) >= 11 is 6.21. The summed E-state index contributed by atoms with van der Waals surface area (Å²) in [6.45, 7) is 4.66. The van der Waals surface area contributed by atoms with Gasteiger partial charge in [-0.25, -0.2) is 18.1 Å². The number of piperidine rings is 1. The zero-order valence-electron chi connectivity index (χ0n) is 20.1. The highest BCUT2D eigenvalue weighted by molar-refractivity contribution is 7.92. The number of halogens is 1. The lowest BCUT2D eigenvalue weighted by Gasteiger charge is -2.31. The molecule has 1 aliphatic rings. The third-order valence-electron chi connectivity index (χ3n) is 6.12. The van der Waals surface area contributed by atoms with Crippen molar-refractivity contribution in [1.82, 2.24) is 19.7 Å². The van der Waals surface area contributed by atoms with Gasteiger partial charge in [0.25, 0.3) is 0 Å². The number of benzene rings is 1. The zero-order chi connectivity index (χ0) is 25.0. The second-order valence-corrected chi connectivity index (χ2v) is 10.8. The minimum atomic E-state index is -3.42. The Labute approximate surface area is 210 Å². The summed E-state index contributed by atoms with van der Waals surface area (Å²) in [7, 11) is -0.151. The van der Waals surface area contributed by atoms with Crippen LogP contribution < -0.4 is 14.8 Å². The van der Waals surface area contributed by atoms with Gasteiger partial charge >= 0.3 is 0 Å². The van der Waals surface area contributed by atoms with Crippen LogP contribution >= 0.6 is 11.6 Å². The van der Waals surface area contributed by atoms with E-state index < -0.39 is 10.0 Å². The number of rotatable bonds is 10. The van der Waals surface area contributed by atoms with E-state index in [9.17, 15) is 8.42 Å². The number of ether oxygens (including phenoxy) is 2. The van der Waals surface area contributed by atoms with Crippen molar-refractivity contribution in [3.8, 4) is 11.4 Å². The number of methoxy groups -OCH3 is 2. The van der Waals surface area contributed by atoms with Gasteiger partial charge in [0.2, 0.25) is 10.0 Å². The first-order valence-corrected chi connectivity index (χ1v) is 13.7. The van der Waals surface area contributed by atoms with Gasteiger partial charge in [-0.3, -0.25) is 4.72 Å². The van der Waals surface area contributed by atoms with Crippen LogP contribution in [-0.4, -0.2) is 81.3 Å². The molecule has 0 atom stereocenters. The molecule has 1 aromatic carbocycles. The summed E-state index contributed by atoms with van der Waals surface area (Å²) < 4.78 is 38.2. The Bertz CT molecular complexity index is 1270. The highest BCUT2D eigenvalue weighted by Crippen LogP contribution is 2.33. The SMILES string of the molecule is COCCN1CCC(CNc2nn(-c3ccc(NS(C)(=O)=O)cc3OC)c3cc(Cl)ncc23)CC1. The number of nitrogens with zero attached hydrogens (tertiary/aromatic N) is 4. The number of nitrogens with one attached hydrogen (secondary N) is 2. The summed E-state index contributed by atoms with van der Waals surface area (Å²) in [5.74, 6) is 1.72. The van der Waals surface area contributed by atoms with Crippen molar-refractivity contribution in [1.29, 1.82) is 0 Å². The van der Waals surface area contributed by atoms with Gasteiger partial charge in [-0.15, -0.1) is 5.10 Å². The molecule has 1 aliphatic heterocycles. The van der Waals surface area contributed by atoms with Gasteiger partial charge in [0.15, 0.2) is 5.82 Å². The molecule has 0 unspecified atom stereocenters. The normalized spacial score (nSPS) is 15.4. The minimum Gasteiger partial charge on any atom is -0.494 e. The molecule has 0 spiro atoms. The quantitative estimate of drug-likeness (QED) is 0.390. The lowest BCUT2D eigenvalue weighted by atomic mass is 9.97. The van der Waals surface area contributed by atoms with Crippen LogP contribution in [0.2, 0.25) is 5.15 Å². The summed E-state index contributed by atoms with van der Waals surface area (Å²) in [5, 5.41) is 9.52. The second-order valence-electron chi connectivity index (χ2n) is 8.70. The van der Waals surface area contributed by atoms with E-state index in [0.717, 1.165) is 62.8 Å². The molecule has 0 saturated carbocycles. The zero-order valence-corrected chi connectivity index (χ0v) is 21.7. The van der Waals surface area contributed by atoms with E-state index >= 15 is 0 Å². The van der Waals surface area contributed by atoms with Crippen LogP contribution in [0.1, 0.15) is 12.8 Å². The Morgan fingerprint density at radius 3 is 2.66 bits per heavy atom. The third-order valence-corrected chi connectivity index (χ3v) is 6.93. The van der Waals surface area contributed by atoms with Crippen LogP contribution in [0.4, 0.5) is 11.5 Å². The highest BCUT2D eigenvalue weighted by Gasteiger charge is 2.21. The molecule has 0 amide bonds. The van der Waals surface area contributed by atoms with Crippen LogP contribution in [0.3, 0.4) is 0 Å². The van der Waals surface area contributed by atoms with Crippen LogP contribution in [0, 0.1) is 5.92 Å². The fraction of sp³-hybridized carbons (Fsp3) is 0.478. The number of fused-ring (bicyclic) bond motifs is 1. The van der Waals surface area contributed by atoms with E-state index in [1.165, 1.54) is 7.11 Å². The topological polar surface area (TPSA) is 111 Å². The lowest BCUT2D eigenvalue weighted by Crippen LogP contribution is -2.37. The van der Waals surface area contributed by atoms with E-state index in [1.807, 2.05) is 0 Å². The molecule has 10 nitrogen and oxygen atoms in total. The third kappa shape index (κ3) is 6.35. The summed E-state index contributed by atoms with van der Waals surface area (Å²) in [4.78, 5) is 6.69. The number of aromatic nitrogens is 3. The maximum absolute atomic E-state index is 11.6. The minimum absolute atomic E-state index is 0.350. The Hall–Kier alpha value is -2.60. The van der Waals surface area contributed by atoms with Crippen molar-refractivity contribution in [3.05, 3.63) is 35.6 Å². The molecule has 190 valence electrons. The molecule has 2 aromatic heterocycles. The fourth-order valence-electron chi connectivity index (χ4n) is 4.31. The first kappa shape index (κ1) is 25.5. The highest BCUT2D eigenvalue weighted by atomic mass is 35.5. The van der Waals surface area contributed by atoms with Crippen LogP contribution in [0.15, 0.2) is 30.5 Å². The smallest absolute Gasteiger partial charge is 0.229 e. The average Bonchev–Trinajstić information content (AvgIpc) is 3.18. The Kier molecular flexibility index (Phi) is 8.00. The molecule has 3 heterocycles. The van der Waals surface area contributed by atoms with Gasteiger partial charge in [-0.05, 0) is 44.0 Å². The maximum atomic E-state index is 11.6. The number of pyridine rings is 1. The van der Waals surface area contributed by atoms with Gasteiger partial charge < -0.3 is 19.7 Å². The van der Waals surface area contributed by atoms with Gasteiger partial charge in [-0.1, -0.05) is 11.6 Å². The predicted octanol–water partition coefficient (Wildman–Crippen LogP) is 3.22. The molecule has 1 fully saturated rings. The summed E-state index contributed by atoms with van der Waals surface area (Å²) in [6.07, 6.45) is 5.04. The van der Waals surface area contributed by atoms with Crippen molar-refractivity contribution in [2.24, 2.45) is 5.92 Å². The van der Waals surface area contributed by atoms with Crippen molar-refractivity contribution in [2.75, 3.05) is 63.3 Å². The number of hydrogen-bond acceptors (Lipinski definition) is 8. The van der Waals surface area contributed by atoms with Crippen LogP contribution in [-0.2, 0) is 14.8 Å². The Morgan fingerprint density at radius 2 is 1.97 bits per heavy atom. The molecule has 0 bridgehead atoms. The van der Waals surface area contributed by atoms with Crippen molar-refractivity contribution < 1.29 is 17.9 Å². The molecular weight excluding hydrogens is 492 g/mol.